The zero-order chi connectivity index (χ0) is 14.2. The first kappa shape index (κ1) is 13.4. The molecule has 4 nitrogen and oxygen atoms in total. The second-order valence-electron chi connectivity index (χ2n) is 6.26. The number of carboxylic acid groups (broad SMARTS) is 1. The summed E-state index contributed by atoms with van der Waals surface area (Å²) in [5, 5.41) is 9.36. The SMILES string of the molecule is CC1(C(=O)O)CCCN(CC2Cc3ccccc3O2)C1. The number of carbonyl (C=O) groups is 1. The Kier molecular flexibility index (Phi) is 3.42. The average molecular weight is 275 g/mol. The van der Waals surface area contributed by atoms with Gasteiger partial charge in [-0.05, 0) is 37.9 Å². The zero-order valence-electron chi connectivity index (χ0n) is 11.8. The average Bonchev–Trinajstić information content (AvgIpc) is 2.80. The van der Waals surface area contributed by atoms with Gasteiger partial charge in [0, 0.05) is 19.5 Å². The van der Waals surface area contributed by atoms with E-state index in [0.717, 1.165) is 38.1 Å². The number of rotatable bonds is 3. The minimum Gasteiger partial charge on any atom is -0.488 e. The van der Waals surface area contributed by atoms with Crippen molar-refractivity contribution < 1.29 is 14.6 Å². The maximum atomic E-state index is 11.4. The van der Waals surface area contributed by atoms with Crippen LogP contribution in [0.3, 0.4) is 0 Å². The molecule has 1 aromatic carbocycles. The van der Waals surface area contributed by atoms with Gasteiger partial charge in [0.2, 0.25) is 0 Å². The quantitative estimate of drug-likeness (QED) is 0.918. The molecule has 20 heavy (non-hydrogen) atoms. The highest BCUT2D eigenvalue weighted by molar-refractivity contribution is 5.74. The Bertz CT molecular complexity index is 491. The van der Waals surface area contributed by atoms with Gasteiger partial charge in [0.15, 0.2) is 0 Å². The number of hydrogen-bond donors (Lipinski definition) is 1. The van der Waals surface area contributed by atoms with Crippen LogP contribution in [-0.2, 0) is 11.2 Å². The summed E-state index contributed by atoms with van der Waals surface area (Å²) in [4.78, 5) is 13.6. The molecule has 2 aliphatic rings. The number of fused-ring (bicyclic) bond motifs is 1. The van der Waals surface area contributed by atoms with Crippen molar-refractivity contribution in [3.05, 3.63) is 29.8 Å². The van der Waals surface area contributed by atoms with Gasteiger partial charge in [0.1, 0.15) is 11.9 Å². The molecule has 1 fully saturated rings. The highest BCUT2D eigenvalue weighted by Crippen LogP contribution is 2.32. The maximum absolute atomic E-state index is 11.4. The number of piperidine rings is 1. The van der Waals surface area contributed by atoms with Crippen molar-refractivity contribution in [2.45, 2.75) is 32.3 Å². The van der Waals surface area contributed by atoms with Crippen molar-refractivity contribution in [1.82, 2.24) is 4.90 Å². The van der Waals surface area contributed by atoms with Gasteiger partial charge >= 0.3 is 5.97 Å². The third-order valence-corrected chi connectivity index (χ3v) is 4.47. The Morgan fingerprint density at radius 3 is 3.05 bits per heavy atom. The van der Waals surface area contributed by atoms with Crippen molar-refractivity contribution in [2.24, 2.45) is 5.41 Å². The Balaban J connectivity index is 1.61. The smallest absolute Gasteiger partial charge is 0.310 e. The lowest BCUT2D eigenvalue weighted by Crippen LogP contribution is -2.48. The monoisotopic (exact) mass is 275 g/mol. The molecule has 0 aliphatic carbocycles. The molecular weight excluding hydrogens is 254 g/mol. The molecule has 0 bridgehead atoms. The van der Waals surface area contributed by atoms with Crippen LogP contribution in [0, 0.1) is 5.41 Å². The molecule has 4 heteroatoms. The Morgan fingerprint density at radius 1 is 1.50 bits per heavy atom. The molecule has 0 amide bonds. The van der Waals surface area contributed by atoms with E-state index in [1.54, 1.807) is 0 Å². The van der Waals surface area contributed by atoms with Crippen LogP contribution in [0.2, 0.25) is 0 Å². The van der Waals surface area contributed by atoms with Gasteiger partial charge in [-0.15, -0.1) is 0 Å². The molecule has 0 aromatic heterocycles. The number of nitrogens with zero attached hydrogens (tertiary/aromatic N) is 1. The van der Waals surface area contributed by atoms with Gasteiger partial charge in [-0.3, -0.25) is 9.69 Å². The summed E-state index contributed by atoms with van der Waals surface area (Å²) in [6, 6.07) is 8.14. The van der Waals surface area contributed by atoms with Crippen molar-refractivity contribution >= 4 is 5.97 Å². The third kappa shape index (κ3) is 2.52. The molecule has 3 rings (SSSR count). The summed E-state index contributed by atoms with van der Waals surface area (Å²) in [6.07, 6.45) is 2.80. The van der Waals surface area contributed by atoms with E-state index in [-0.39, 0.29) is 6.10 Å². The van der Waals surface area contributed by atoms with E-state index in [4.69, 9.17) is 4.74 Å². The van der Waals surface area contributed by atoms with Crippen LogP contribution in [0.25, 0.3) is 0 Å². The first-order chi connectivity index (χ1) is 9.57. The molecule has 1 N–H and O–H groups in total. The molecule has 1 saturated heterocycles. The fraction of sp³-hybridized carbons (Fsp3) is 0.562. The molecule has 2 aliphatic heterocycles. The van der Waals surface area contributed by atoms with E-state index in [2.05, 4.69) is 11.0 Å². The summed E-state index contributed by atoms with van der Waals surface area (Å²) >= 11 is 0. The molecular formula is C16H21NO3. The van der Waals surface area contributed by atoms with Crippen molar-refractivity contribution in [2.75, 3.05) is 19.6 Å². The predicted molar refractivity (Wildman–Crippen MR) is 76.0 cm³/mol. The summed E-state index contributed by atoms with van der Waals surface area (Å²) < 4.78 is 5.95. The van der Waals surface area contributed by atoms with E-state index in [1.807, 2.05) is 25.1 Å². The fourth-order valence-corrected chi connectivity index (χ4v) is 3.32. The number of hydrogen-bond acceptors (Lipinski definition) is 3. The lowest BCUT2D eigenvalue weighted by molar-refractivity contribution is -0.151. The van der Waals surface area contributed by atoms with Crippen molar-refractivity contribution in [3.8, 4) is 5.75 Å². The Labute approximate surface area is 119 Å². The molecule has 2 atom stereocenters. The maximum Gasteiger partial charge on any atom is 0.310 e. The molecule has 0 spiro atoms. The second kappa shape index (κ2) is 5.09. The Hall–Kier alpha value is -1.55. The van der Waals surface area contributed by atoms with Gasteiger partial charge in [-0.25, -0.2) is 0 Å². The molecule has 2 unspecified atom stereocenters. The van der Waals surface area contributed by atoms with E-state index < -0.39 is 11.4 Å². The van der Waals surface area contributed by atoms with Crippen LogP contribution in [0.5, 0.6) is 5.75 Å². The fourth-order valence-electron chi connectivity index (χ4n) is 3.32. The van der Waals surface area contributed by atoms with Gasteiger partial charge in [0.25, 0.3) is 0 Å². The highest BCUT2D eigenvalue weighted by Gasteiger charge is 2.38. The lowest BCUT2D eigenvalue weighted by atomic mass is 9.82. The topological polar surface area (TPSA) is 49.8 Å². The number of para-hydroxylation sites is 1. The number of benzene rings is 1. The normalized spacial score (nSPS) is 29.8. The van der Waals surface area contributed by atoms with Crippen LogP contribution in [0.15, 0.2) is 24.3 Å². The second-order valence-corrected chi connectivity index (χ2v) is 6.26. The van der Waals surface area contributed by atoms with Crippen molar-refractivity contribution in [3.63, 3.8) is 0 Å². The van der Waals surface area contributed by atoms with Gasteiger partial charge in [0.05, 0.1) is 5.41 Å². The van der Waals surface area contributed by atoms with E-state index in [9.17, 15) is 9.90 Å². The summed E-state index contributed by atoms with van der Waals surface area (Å²) in [7, 11) is 0. The minimum atomic E-state index is -0.683. The summed E-state index contributed by atoms with van der Waals surface area (Å²) in [5.74, 6) is 0.299. The van der Waals surface area contributed by atoms with Crippen LogP contribution in [0.4, 0.5) is 0 Å². The largest absolute Gasteiger partial charge is 0.488 e. The highest BCUT2D eigenvalue weighted by atomic mass is 16.5. The molecule has 0 saturated carbocycles. The lowest BCUT2D eigenvalue weighted by Gasteiger charge is -2.38. The molecule has 1 aromatic rings. The van der Waals surface area contributed by atoms with E-state index in [1.165, 1.54) is 5.56 Å². The first-order valence-electron chi connectivity index (χ1n) is 7.27. The standard InChI is InChI=1S/C16H21NO3/c1-16(15(18)19)7-4-8-17(11-16)10-13-9-12-5-2-3-6-14(12)20-13/h2-3,5-6,13H,4,7-11H2,1H3,(H,18,19). The summed E-state index contributed by atoms with van der Waals surface area (Å²) in [6.45, 7) is 4.26. The van der Waals surface area contributed by atoms with E-state index >= 15 is 0 Å². The number of carboxylic acids is 1. The number of likely N-dealkylation sites (tertiary alicyclic amines) is 1. The number of ether oxygens (including phenoxy) is 1. The van der Waals surface area contributed by atoms with Crippen molar-refractivity contribution in [1.29, 1.82) is 0 Å². The van der Waals surface area contributed by atoms with Crippen LogP contribution in [-0.4, -0.2) is 41.7 Å². The molecule has 108 valence electrons. The zero-order valence-corrected chi connectivity index (χ0v) is 11.8. The van der Waals surface area contributed by atoms with Gasteiger partial charge in [-0.2, -0.15) is 0 Å². The number of aliphatic carboxylic acids is 1. The van der Waals surface area contributed by atoms with Crippen LogP contribution in [0.1, 0.15) is 25.3 Å². The molecule has 2 heterocycles. The predicted octanol–water partition coefficient (Wildman–Crippen LogP) is 2.18. The minimum absolute atomic E-state index is 0.156. The molecule has 0 radical (unpaired) electrons. The third-order valence-electron chi connectivity index (χ3n) is 4.47. The van der Waals surface area contributed by atoms with Gasteiger partial charge in [-0.1, -0.05) is 18.2 Å². The van der Waals surface area contributed by atoms with E-state index in [0.29, 0.717) is 6.54 Å². The van der Waals surface area contributed by atoms with Gasteiger partial charge < -0.3 is 9.84 Å². The Morgan fingerprint density at radius 2 is 2.30 bits per heavy atom. The van der Waals surface area contributed by atoms with Crippen LogP contribution < -0.4 is 4.74 Å². The summed E-state index contributed by atoms with van der Waals surface area (Å²) in [5.41, 5.74) is 0.652. The first-order valence-corrected chi connectivity index (χ1v) is 7.27. The van der Waals surface area contributed by atoms with Crippen LogP contribution >= 0.6 is 0 Å².